The molecule has 1 N–H and O–H groups in total. The van der Waals surface area contributed by atoms with Gasteiger partial charge >= 0.3 is 0 Å². The fourth-order valence-electron chi connectivity index (χ4n) is 4.17. The Balaban J connectivity index is 1.47. The summed E-state index contributed by atoms with van der Waals surface area (Å²) in [7, 11) is 0. The zero-order valence-electron chi connectivity index (χ0n) is 17.4. The number of rotatable bonds is 4. The first kappa shape index (κ1) is 19.8. The number of benzene rings is 1. The summed E-state index contributed by atoms with van der Waals surface area (Å²) in [4.78, 5) is 50.9. The van der Waals surface area contributed by atoms with Crippen LogP contribution >= 0.6 is 0 Å². The molecule has 0 aliphatic carbocycles. The Kier molecular flexibility index (Phi) is 4.47. The molecule has 11 nitrogen and oxygen atoms in total. The van der Waals surface area contributed by atoms with Crippen LogP contribution in [0.1, 0.15) is 50.6 Å². The third-order valence-corrected chi connectivity index (χ3v) is 5.65. The highest BCUT2D eigenvalue weighted by Crippen LogP contribution is 2.31. The molecule has 1 unspecified atom stereocenters. The highest BCUT2D eigenvalue weighted by Gasteiger charge is 2.45. The molecule has 5 rings (SSSR count). The molecule has 4 amide bonds. The third-order valence-electron chi connectivity index (χ3n) is 5.65. The minimum Gasteiger partial charge on any atom is -0.295 e. The first-order chi connectivity index (χ1) is 15.3. The molecule has 1 fully saturated rings. The SMILES string of the molecule is Cc1cc(C)n(Cc2cn(-c3cccc4c3C(=O)N(C3CCC(=O)NC3=O)C4=O)nn2)n1. The Bertz CT molecular complexity index is 1310. The molecule has 11 heteroatoms. The molecule has 2 aromatic heterocycles. The molecule has 0 radical (unpaired) electrons. The van der Waals surface area contributed by atoms with Crippen LogP contribution in [-0.2, 0) is 16.1 Å². The monoisotopic (exact) mass is 433 g/mol. The smallest absolute Gasteiger partial charge is 0.264 e. The van der Waals surface area contributed by atoms with Gasteiger partial charge in [-0.05, 0) is 38.5 Å². The van der Waals surface area contributed by atoms with Crippen LogP contribution in [0.5, 0.6) is 0 Å². The van der Waals surface area contributed by atoms with E-state index in [1.54, 1.807) is 29.1 Å². The van der Waals surface area contributed by atoms with E-state index in [1.807, 2.05) is 19.9 Å². The van der Waals surface area contributed by atoms with Crippen LogP contribution in [0.3, 0.4) is 0 Å². The average molecular weight is 433 g/mol. The van der Waals surface area contributed by atoms with E-state index >= 15 is 0 Å². The van der Waals surface area contributed by atoms with Crippen molar-refractivity contribution >= 4 is 23.6 Å². The van der Waals surface area contributed by atoms with Gasteiger partial charge in [0.1, 0.15) is 11.7 Å². The zero-order valence-corrected chi connectivity index (χ0v) is 17.4. The second-order valence-electron chi connectivity index (χ2n) is 7.89. The summed E-state index contributed by atoms with van der Waals surface area (Å²) in [5.41, 5.74) is 3.25. The van der Waals surface area contributed by atoms with Gasteiger partial charge in [-0.3, -0.25) is 34.1 Å². The Morgan fingerprint density at radius 2 is 1.94 bits per heavy atom. The van der Waals surface area contributed by atoms with E-state index in [0.29, 0.717) is 17.9 Å². The van der Waals surface area contributed by atoms with Gasteiger partial charge in [0.05, 0.1) is 35.2 Å². The minimum absolute atomic E-state index is 0.0649. The van der Waals surface area contributed by atoms with Crippen molar-refractivity contribution in [2.24, 2.45) is 0 Å². The van der Waals surface area contributed by atoms with E-state index in [4.69, 9.17) is 0 Å². The van der Waals surface area contributed by atoms with Crippen LogP contribution in [0.25, 0.3) is 5.69 Å². The van der Waals surface area contributed by atoms with Gasteiger partial charge in [-0.15, -0.1) is 5.10 Å². The van der Waals surface area contributed by atoms with Crippen molar-refractivity contribution in [3.8, 4) is 5.69 Å². The van der Waals surface area contributed by atoms with Gasteiger partial charge in [0.2, 0.25) is 11.8 Å². The van der Waals surface area contributed by atoms with Crippen molar-refractivity contribution in [2.45, 2.75) is 39.3 Å². The molecular weight excluding hydrogens is 414 g/mol. The van der Waals surface area contributed by atoms with Crippen molar-refractivity contribution < 1.29 is 19.2 Å². The zero-order chi connectivity index (χ0) is 22.6. The van der Waals surface area contributed by atoms with E-state index in [-0.39, 0.29) is 24.0 Å². The summed E-state index contributed by atoms with van der Waals surface area (Å²) < 4.78 is 3.25. The summed E-state index contributed by atoms with van der Waals surface area (Å²) in [6, 6.07) is 5.79. The third kappa shape index (κ3) is 3.09. The molecule has 2 aliphatic heterocycles. The number of nitrogens with one attached hydrogen (secondary N) is 1. The largest absolute Gasteiger partial charge is 0.295 e. The molecule has 32 heavy (non-hydrogen) atoms. The first-order valence-corrected chi connectivity index (χ1v) is 10.1. The molecule has 3 aromatic rings. The molecular formula is C21H19N7O4. The molecule has 4 heterocycles. The maximum Gasteiger partial charge on any atom is 0.264 e. The van der Waals surface area contributed by atoms with Crippen molar-refractivity contribution in [2.75, 3.05) is 0 Å². The van der Waals surface area contributed by atoms with Gasteiger partial charge in [-0.1, -0.05) is 11.3 Å². The first-order valence-electron chi connectivity index (χ1n) is 10.1. The van der Waals surface area contributed by atoms with Crippen molar-refractivity contribution in [3.05, 3.63) is 58.7 Å². The topological polar surface area (TPSA) is 132 Å². The molecule has 2 aliphatic rings. The van der Waals surface area contributed by atoms with E-state index < -0.39 is 29.7 Å². The summed E-state index contributed by atoms with van der Waals surface area (Å²) in [6.07, 6.45) is 1.84. The quantitative estimate of drug-likeness (QED) is 0.594. The lowest BCUT2D eigenvalue weighted by molar-refractivity contribution is -0.136. The predicted molar refractivity (Wildman–Crippen MR) is 109 cm³/mol. The molecule has 0 bridgehead atoms. The highest BCUT2D eigenvalue weighted by atomic mass is 16.2. The molecule has 162 valence electrons. The number of amides is 4. The van der Waals surface area contributed by atoms with Gasteiger partial charge in [0.25, 0.3) is 11.8 Å². The van der Waals surface area contributed by atoms with Crippen molar-refractivity contribution in [1.82, 2.24) is 35.0 Å². The summed E-state index contributed by atoms with van der Waals surface area (Å²) >= 11 is 0. The minimum atomic E-state index is -1.02. The van der Waals surface area contributed by atoms with Gasteiger partial charge in [0, 0.05) is 12.1 Å². The number of hydrogen-bond acceptors (Lipinski definition) is 7. The Morgan fingerprint density at radius 1 is 1.12 bits per heavy atom. The van der Waals surface area contributed by atoms with Crippen LogP contribution in [0.2, 0.25) is 0 Å². The predicted octanol–water partition coefficient (Wildman–Crippen LogP) is 0.530. The summed E-state index contributed by atoms with van der Waals surface area (Å²) in [5, 5.41) is 14.9. The lowest BCUT2D eigenvalue weighted by Crippen LogP contribution is -2.54. The number of hydrogen-bond donors (Lipinski definition) is 1. The number of imide groups is 2. The number of carbonyl (C=O) groups excluding carboxylic acids is 4. The summed E-state index contributed by atoms with van der Waals surface area (Å²) in [6.45, 7) is 4.26. The van der Waals surface area contributed by atoms with E-state index in [9.17, 15) is 19.2 Å². The van der Waals surface area contributed by atoms with Crippen LogP contribution in [0.4, 0.5) is 0 Å². The normalized spacial score (nSPS) is 18.3. The fourth-order valence-corrected chi connectivity index (χ4v) is 4.17. The van der Waals surface area contributed by atoms with Crippen LogP contribution in [0, 0.1) is 13.8 Å². The number of aryl methyl sites for hydroxylation is 2. The Labute approximate surface area is 182 Å². The summed E-state index contributed by atoms with van der Waals surface area (Å²) in [5.74, 6) is -2.22. The van der Waals surface area contributed by atoms with Crippen molar-refractivity contribution in [1.29, 1.82) is 0 Å². The average Bonchev–Trinajstić information content (AvgIpc) is 3.41. The van der Waals surface area contributed by atoms with Gasteiger partial charge in [-0.2, -0.15) is 5.10 Å². The van der Waals surface area contributed by atoms with Crippen LogP contribution in [-0.4, -0.2) is 59.3 Å². The standard InChI is InChI=1S/C21H19N7O4/c1-11-8-12(2)26(24-11)9-13-10-27(25-23-13)15-5-3-4-14-18(15)21(32)28(20(14)31)16-6-7-17(29)22-19(16)30/h3-5,8,10,16H,6-7,9H2,1-2H3,(H,22,29,30). The lowest BCUT2D eigenvalue weighted by atomic mass is 10.0. The second kappa shape index (κ2) is 7.22. The van der Waals surface area contributed by atoms with Crippen LogP contribution < -0.4 is 5.32 Å². The number of fused-ring (bicyclic) bond motifs is 1. The van der Waals surface area contributed by atoms with Gasteiger partial charge in [0.15, 0.2) is 0 Å². The number of piperidine rings is 1. The Morgan fingerprint density at radius 3 is 2.66 bits per heavy atom. The van der Waals surface area contributed by atoms with Gasteiger partial charge < -0.3 is 0 Å². The Hall–Kier alpha value is -4.15. The molecule has 1 atom stereocenters. The number of carbonyl (C=O) groups is 4. The maximum atomic E-state index is 13.2. The second-order valence-corrected chi connectivity index (χ2v) is 7.89. The molecule has 0 saturated carbocycles. The van der Waals surface area contributed by atoms with Crippen molar-refractivity contribution in [3.63, 3.8) is 0 Å². The maximum absolute atomic E-state index is 13.2. The highest BCUT2D eigenvalue weighted by molar-refractivity contribution is 6.24. The van der Waals surface area contributed by atoms with E-state index in [1.165, 1.54) is 4.68 Å². The van der Waals surface area contributed by atoms with E-state index in [2.05, 4.69) is 20.7 Å². The molecule has 1 aromatic carbocycles. The number of aromatic nitrogens is 5. The lowest BCUT2D eigenvalue weighted by Gasteiger charge is -2.27. The molecule has 1 saturated heterocycles. The molecule has 0 spiro atoms. The van der Waals surface area contributed by atoms with E-state index in [0.717, 1.165) is 16.3 Å². The van der Waals surface area contributed by atoms with Crippen LogP contribution in [0.15, 0.2) is 30.5 Å². The van der Waals surface area contributed by atoms with Gasteiger partial charge in [-0.25, -0.2) is 4.68 Å². The number of nitrogens with zero attached hydrogens (tertiary/aromatic N) is 6. The fraction of sp³-hybridized carbons (Fsp3) is 0.286.